The molecule has 2 heterocycles. The number of nitrogens with two attached hydrogens (primary N) is 1. The Morgan fingerprint density at radius 3 is 3.05 bits per heavy atom. The lowest BCUT2D eigenvalue weighted by molar-refractivity contribution is 0.259. The minimum atomic E-state index is 0.124. The van der Waals surface area contributed by atoms with Gasteiger partial charge >= 0.3 is 0 Å². The van der Waals surface area contributed by atoms with Crippen LogP contribution in [0.5, 0.6) is 5.75 Å². The van der Waals surface area contributed by atoms with Crippen LogP contribution in [0.2, 0.25) is 5.02 Å². The number of anilines is 1. The first-order valence-corrected chi connectivity index (χ1v) is 7.65. The fourth-order valence-electron chi connectivity index (χ4n) is 2.18. The number of nitrogens with zero attached hydrogens (tertiary/aromatic N) is 2. The van der Waals surface area contributed by atoms with E-state index >= 15 is 0 Å². The molecule has 104 valence electrons. The molecule has 1 aromatic heterocycles. The van der Waals surface area contributed by atoms with Crippen LogP contribution in [-0.4, -0.2) is 21.8 Å². The third kappa shape index (κ3) is 2.99. The zero-order valence-corrected chi connectivity index (χ0v) is 12.5. The zero-order valence-electron chi connectivity index (χ0n) is 11.0. The summed E-state index contributed by atoms with van der Waals surface area (Å²) in [6, 6.07) is 7.49. The van der Waals surface area contributed by atoms with Gasteiger partial charge in [0, 0.05) is 29.0 Å². The van der Waals surface area contributed by atoms with E-state index in [0.29, 0.717) is 11.0 Å². The van der Waals surface area contributed by atoms with Crippen molar-refractivity contribution in [1.29, 1.82) is 0 Å². The smallest absolute Gasteiger partial charge is 0.189 e. The van der Waals surface area contributed by atoms with Gasteiger partial charge in [-0.2, -0.15) is 0 Å². The molecule has 0 bridgehead atoms. The number of aryl methyl sites for hydroxylation is 1. The molecule has 20 heavy (non-hydrogen) atoms. The van der Waals surface area contributed by atoms with Crippen molar-refractivity contribution in [3.05, 3.63) is 40.5 Å². The highest BCUT2D eigenvalue weighted by molar-refractivity contribution is 7.99. The van der Waals surface area contributed by atoms with E-state index in [-0.39, 0.29) is 6.10 Å². The van der Waals surface area contributed by atoms with Gasteiger partial charge in [0.2, 0.25) is 0 Å². The number of hydrogen-bond acceptors (Lipinski definition) is 5. The molecule has 2 N–H and O–H groups in total. The fourth-order valence-corrected chi connectivity index (χ4v) is 3.27. The molecule has 3 rings (SSSR count). The first-order chi connectivity index (χ1) is 9.60. The van der Waals surface area contributed by atoms with Gasteiger partial charge in [0.15, 0.2) is 5.16 Å². The van der Waals surface area contributed by atoms with Crippen molar-refractivity contribution < 1.29 is 4.74 Å². The third-order valence-electron chi connectivity index (χ3n) is 3.02. The molecule has 1 atom stereocenters. The van der Waals surface area contributed by atoms with E-state index in [2.05, 4.69) is 9.97 Å². The Morgan fingerprint density at radius 1 is 1.40 bits per heavy atom. The Kier molecular flexibility index (Phi) is 3.72. The second kappa shape index (κ2) is 5.50. The molecule has 0 radical (unpaired) electrons. The Bertz CT molecular complexity index is 630. The van der Waals surface area contributed by atoms with E-state index < -0.39 is 0 Å². The molecule has 1 aromatic carbocycles. The monoisotopic (exact) mass is 307 g/mol. The maximum Gasteiger partial charge on any atom is 0.189 e. The molecule has 1 unspecified atom stereocenters. The third-order valence-corrected chi connectivity index (χ3v) is 4.23. The van der Waals surface area contributed by atoms with Crippen molar-refractivity contribution in [3.63, 3.8) is 0 Å². The van der Waals surface area contributed by atoms with E-state index in [1.807, 2.05) is 25.1 Å². The molecule has 0 saturated carbocycles. The number of fused-ring (bicyclic) bond motifs is 1. The zero-order chi connectivity index (χ0) is 14.1. The Hall–Kier alpha value is -1.46. The summed E-state index contributed by atoms with van der Waals surface area (Å²) >= 11 is 7.54. The van der Waals surface area contributed by atoms with E-state index in [0.717, 1.165) is 34.2 Å². The lowest BCUT2D eigenvalue weighted by atomic mass is 10.1. The summed E-state index contributed by atoms with van der Waals surface area (Å²) in [4.78, 5) is 8.56. The second-order valence-corrected chi connectivity index (χ2v) is 6.15. The normalized spacial score (nSPS) is 16.8. The Labute approximate surface area is 126 Å². The number of aromatic nitrogens is 2. The van der Waals surface area contributed by atoms with Gasteiger partial charge < -0.3 is 10.5 Å². The Balaban J connectivity index is 1.63. The van der Waals surface area contributed by atoms with Gasteiger partial charge in [-0.05, 0) is 30.7 Å². The van der Waals surface area contributed by atoms with E-state index in [1.165, 1.54) is 0 Å². The van der Waals surface area contributed by atoms with Crippen LogP contribution < -0.4 is 10.5 Å². The first-order valence-electron chi connectivity index (χ1n) is 6.29. The molecule has 0 aliphatic carbocycles. The average molecular weight is 308 g/mol. The molecular formula is C14H14ClN3OS. The van der Waals surface area contributed by atoms with E-state index in [4.69, 9.17) is 22.1 Å². The van der Waals surface area contributed by atoms with Crippen LogP contribution in [0.25, 0.3) is 0 Å². The van der Waals surface area contributed by atoms with Crippen molar-refractivity contribution in [2.24, 2.45) is 0 Å². The lowest BCUT2D eigenvalue weighted by Crippen LogP contribution is -2.16. The highest BCUT2D eigenvalue weighted by Crippen LogP contribution is 2.32. The van der Waals surface area contributed by atoms with Crippen molar-refractivity contribution in [3.8, 4) is 5.75 Å². The molecule has 1 aliphatic heterocycles. The van der Waals surface area contributed by atoms with Crippen LogP contribution in [0.3, 0.4) is 0 Å². The summed E-state index contributed by atoms with van der Waals surface area (Å²) in [7, 11) is 0. The topological polar surface area (TPSA) is 61.0 Å². The van der Waals surface area contributed by atoms with E-state index in [1.54, 1.807) is 17.8 Å². The molecule has 0 spiro atoms. The number of nitrogen functional groups attached to an aromatic ring is 1. The number of thioether (sulfide) groups is 1. The standard InChI is InChI=1S/C14H14ClN3OS/c1-8-4-13(16)18-14(17-8)20-7-11-6-9-5-10(15)2-3-12(9)19-11/h2-5,11H,6-7H2,1H3,(H2,16,17,18). The summed E-state index contributed by atoms with van der Waals surface area (Å²) in [6.45, 7) is 1.91. The predicted molar refractivity (Wildman–Crippen MR) is 81.5 cm³/mol. The molecular weight excluding hydrogens is 294 g/mol. The number of halogens is 1. The minimum absolute atomic E-state index is 0.124. The lowest BCUT2D eigenvalue weighted by Gasteiger charge is -2.09. The highest BCUT2D eigenvalue weighted by Gasteiger charge is 2.23. The minimum Gasteiger partial charge on any atom is -0.489 e. The average Bonchev–Trinajstić information content (AvgIpc) is 2.77. The van der Waals surface area contributed by atoms with Crippen LogP contribution in [0.1, 0.15) is 11.3 Å². The van der Waals surface area contributed by atoms with Crippen molar-refractivity contribution >= 4 is 29.2 Å². The number of ether oxygens (including phenoxy) is 1. The summed E-state index contributed by atoms with van der Waals surface area (Å²) in [5.41, 5.74) is 7.76. The number of hydrogen-bond donors (Lipinski definition) is 1. The molecule has 0 amide bonds. The van der Waals surface area contributed by atoms with Gasteiger partial charge in [-0.25, -0.2) is 9.97 Å². The highest BCUT2D eigenvalue weighted by atomic mass is 35.5. The van der Waals surface area contributed by atoms with Crippen LogP contribution >= 0.6 is 23.4 Å². The van der Waals surface area contributed by atoms with E-state index in [9.17, 15) is 0 Å². The second-order valence-electron chi connectivity index (χ2n) is 4.72. The van der Waals surface area contributed by atoms with Gasteiger partial charge in [0.1, 0.15) is 17.7 Å². The maximum atomic E-state index is 5.98. The van der Waals surface area contributed by atoms with Crippen LogP contribution in [-0.2, 0) is 6.42 Å². The summed E-state index contributed by atoms with van der Waals surface area (Å²) in [5, 5.41) is 1.44. The van der Waals surface area contributed by atoms with Crippen molar-refractivity contribution in [2.75, 3.05) is 11.5 Å². The van der Waals surface area contributed by atoms with Gasteiger partial charge in [-0.3, -0.25) is 0 Å². The largest absolute Gasteiger partial charge is 0.489 e. The van der Waals surface area contributed by atoms with Gasteiger partial charge in [0.05, 0.1) is 0 Å². The maximum absolute atomic E-state index is 5.98. The molecule has 6 heteroatoms. The fraction of sp³-hybridized carbons (Fsp3) is 0.286. The van der Waals surface area contributed by atoms with Crippen molar-refractivity contribution in [2.45, 2.75) is 24.6 Å². The molecule has 4 nitrogen and oxygen atoms in total. The van der Waals surface area contributed by atoms with Gasteiger partial charge in [-0.1, -0.05) is 23.4 Å². The Morgan fingerprint density at radius 2 is 2.25 bits per heavy atom. The van der Waals surface area contributed by atoms with Gasteiger partial charge in [-0.15, -0.1) is 0 Å². The SMILES string of the molecule is Cc1cc(N)nc(SCC2Cc3cc(Cl)ccc3O2)n1. The number of rotatable bonds is 3. The molecule has 0 saturated heterocycles. The first kappa shape index (κ1) is 13.5. The summed E-state index contributed by atoms with van der Waals surface area (Å²) in [6.07, 6.45) is 0.989. The van der Waals surface area contributed by atoms with Crippen LogP contribution in [0, 0.1) is 6.92 Å². The predicted octanol–water partition coefficient (Wildman–Crippen LogP) is 3.12. The number of benzene rings is 1. The van der Waals surface area contributed by atoms with Crippen molar-refractivity contribution in [1.82, 2.24) is 9.97 Å². The quantitative estimate of drug-likeness (QED) is 0.697. The summed E-state index contributed by atoms with van der Waals surface area (Å²) < 4.78 is 5.88. The molecule has 0 fully saturated rings. The van der Waals surface area contributed by atoms with Crippen LogP contribution in [0.4, 0.5) is 5.82 Å². The molecule has 2 aromatic rings. The molecule has 1 aliphatic rings. The summed E-state index contributed by atoms with van der Waals surface area (Å²) in [5.74, 6) is 2.21. The van der Waals surface area contributed by atoms with Gasteiger partial charge in [0.25, 0.3) is 0 Å². The van der Waals surface area contributed by atoms with Crippen LogP contribution in [0.15, 0.2) is 29.4 Å².